The number of hydrazine groups is 1. The molecule has 0 aliphatic heterocycles. The number of hydrogen-bond donors (Lipinski definition) is 2. The average Bonchev–Trinajstić information content (AvgIpc) is 2.26. The van der Waals surface area contributed by atoms with Gasteiger partial charge in [0.15, 0.2) is 0 Å². The molecule has 0 aromatic heterocycles. The van der Waals surface area contributed by atoms with Crippen molar-refractivity contribution in [1.82, 2.24) is 10.3 Å². The summed E-state index contributed by atoms with van der Waals surface area (Å²) in [4.78, 5) is 12.3. The number of urea groups is 1. The highest BCUT2D eigenvalue weighted by Gasteiger charge is 2.08. The summed E-state index contributed by atoms with van der Waals surface area (Å²) in [5.74, 6) is 3.70. The third-order valence-electron chi connectivity index (χ3n) is 2.20. The van der Waals surface area contributed by atoms with Gasteiger partial charge in [0.05, 0.1) is 0 Å². The molecule has 3 N–H and O–H groups in total. The molecule has 0 aliphatic carbocycles. The van der Waals surface area contributed by atoms with E-state index in [1.54, 1.807) is 0 Å². The van der Waals surface area contributed by atoms with Crippen molar-refractivity contribution in [1.29, 1.82) is 0 Å². The Morgan fingerprint density at radius 2 is 2.19 bits per heavy atom. The van der Waals surface area contributed by atoms with Crippen LogP contribution >= 0.6 is 0 Å². The van der Waals surface area contributed by atoms with Crippen LogP contribution in [0, 0.1) is 11.6 Å². The summed E-state index contributed by atoms with van der Waals surface area (Å²) < 4.78 is 25.8. The zero-order valence-corrected chi connectivity index (χ0v) is 8.84. The Bertz CT molecular complexity index is 384. The molecule has 0 fully saturated rings. The van der Waals surface area contributed by atoms with E-state index < -0.39 is 17.7 Å². The van der Waals surface area contributed by atoms with E-state index in [4.69, 9.17) is 5.84 Å². The minimum absolute atomic E-state index is 0.297. The van der Waals surface area contributed by atoms with Gasteiger partial charge in [-0.1, -0.05) is 6.07 Å². The topological polar surface area (TPSA) is 58.4 Å². The van der Waals surface area contributed by atoms with Crippen molar-refractivity contribution in [3.63, 3.8) is 0 Å². The maximum Gasteiger partial charge on any atom is 0.331 e. The van der Waals surface area contributed by atoms with Crippen molar-refractivity contribution in [3.05, 3.63) is 35.4 Å². The number of carbonyl (C=O) groups is 1. The molecule has 0 aliphatic rings. The molecule has 1 aromatic rings. The summed E-state index contributed by atoms with van der Waals surface area (Å²) in [7, 11) is 1.53. The van der Waals surface area contributed by atoms with E-state index in [-0.39, 0.29) is 0 Å². The highest BCUT2D eigenvalue weighted by molar-refractivity contribution is 5.73. The summed E-state index contributed by atoms with van der Waals surface area (Å²) in [5, 5.41) is 0. The van der Waals surface area contributed by atoms with Gasteiger partial charge in [0.1, 0.15) is 11.6 Å². The van der Waals surface area contributed by atoms with E-state index in [1.807, 2.05) is 5.43 Å². The predicted molar refractivity (Wildman–Crippen MR) is 55.4 cm³/mol. The van der Waals surface area contributed by atoms with E-state index in [2.05, 4.69) is 0 Å². The number of benzene rings is 1. The molecule has 0 unspecified atom stereocenters. The second kappa shape index (κ2) is 5.41. The third kappa shape index (κ3) is 3.16. The lowest BCUT2D eigenvalue weighted by molar-refractivity contribution is 0.209. The van der Waals surface area contributed by atoms with Crippen molar-refractivity contribution >= 4 is 6.03 Å². The van der Waals surface area contributed by atoms with Gasteiger partial charge >= 0.3 is 6.03 Å². The lowest BCUT2D eigenvalue weighted by Gasteiger charge is -2.16. The highest BCUT2D eigenvalue weighted by atomic mass is 19.1. The number of carbonyl (C=O) groups excluding carboxylic acids is 1. The minimum Gasteiger partial charge on any atom is -0.326 e. The molecule has 4 nitrogen and oxygen atoms in total. The Morgan fingerprint density at radius 3 is 2.75 bits per heavy atom. The fourth-order valence-electron chi connectivity index (χ4n) is 1.22. The Labute approximate surface area is 92.0 Å². The van der Waals surface area contributed by atoms with E-state index >= 15 is 0 Å². The van der Waals surface area contributed by atoms with Gasteiger partial charge in [-0.3, -0.25) is 5.43 Å². The van der Waals surface area contributed by atoms with Crippen LogP contribution in [0.15, 0.2) is 18.2 Å². The van der Waals surface area contributed by atoms with Crippen LogP contribution < -0.4 is 11.3 Å². The van der Waals surface area contributed by atoms with Gasteiger partial charge < -0.3 is 4.90 Å². The first-order valence-corrected chi connectivity index (χ1v) is 4.70. The van der Waals surface area contributed by atoms with Gasteiger partial charge in [-0.2, -0.15) is 0 Å². The van der Waals surface area contributed by atoms with Crippen molar-refractivity contribution < 1.29 is 13.6 Å². The van der Waals surface area contributed by atoms with Crippen LogP contribution in [0.25, 0.3) is 0 Å². The van der Waals surface area contributed by atoms with E-state index in [1.165, 1.54) is 24.1 Å². The second-order valence-electron chi connectivity index (χ2n) is 3.36. The van der Waals surface area contributed by atoms with Crippen LogP contribution in [-0.2, 0) is 6.42 Å². The Hall–Kier alpha value is -1.69. The molecule has 1 rings (SSSR count). The average molecular weight is 229 g/mol. The number of halogens is 2. The molecule has 0 spiro atoms. The Balaban J connectivity index is 2.58. The highest BCUT2D eigenvalue weighted by Crippen LogP contribution is 2.10. The quantitative estimate of drug-likeness (QED) is 0.462. The largest absolute Gasteiger partial charge is 0.331 e. The fourth-order valence-corrected chi connectivity index (χ4v) is 1.22. The maximum absolute atomic E-state index is 13.2. The number of nitrogens with zero attached hydrogens (tertiary/aromatic N) is 1. The Kier molecular flexibility index (Phi) is 4.19. The standard InChI is InChI=1S/C10H13F2N3O/c1-15(10(16)14-13)5-4-7-2-3-8(11)6-9(7)12/h2-3,6H,4-5,13H2,1H3,(H,14,16). The molecular formula is C10H13F2N3O. The molecule has 16 heavy (non-hydrogen) atoms. The number of rotatable bonds is 3. The number of nitrogens with one attached hydrogen (secondary N) is 1. The van der Waals surface area contributed by atoms with Crippen LogP contribution in [0.4, 0.5) is 13.6 Å². The molecule has 88 valence electrons. The summed E-state index contributed by atoms with van der Waals surface area (Å²) in [6.07, 6.45) is 0.302. The van der Waals surface area contributed by atoms with Crippen molar-refractivity contribution in [2.45, 2.75) is 6.42 Å². The zero-order valence-electron chi connectivity index (χ0n) is 8.84. The summed E-state index contributed by atoms with van der Waals surface area (Å²) in [6.45, 7) is 0.297. The van der Waals surface area contributed by atoms with Crippen LogP contribution in [0.5, 0.6) is 0 Å². The lowest BCUT2D eigenvalue weighted by Crippen LogP contribution is -2.42. The lowest BCUT2D eigenvalue weighted by atomic mass is 10.1. The van der Waals surface area contributed by atoms with Gasteiger partial charge in [0.25, 0.3) is 0 Å². The van der Waals surface area contributed by atoms with Crippen molar-refractivity contribution in [3.8, 4) is 0 Å². The minimum atomic E-state index is -0.616. The van der Waals surface area contributed by atoms with E-state index in [9.17, 15) is 13.6 Å². The first-order chi connectivity index (χ1) is 7.54. The molecule has 0 atom stereocenters. The molecule has 0 heterocycles. The van der Waals surface area contributed by atoms with Crippen LogP contribution in [0.1, 0.15) is 5.56 Å². The van der Waals surface area contributed by atoms with Gasteiger partial charge in [-0.15, -0.1) is 0 Å². The molecule has 6 heteroatoms. The molecule has 0 bridgehead atoms. The Morgan fingerprint density at radius 1 is 1.50 bits per heavy atom. The fraction of sp³-hybridized carbons (Fsp3) is 0.300. The summed E-state index contributed by atoms with van der Waals surface area (Å²) in [6, 6.07) is 2.90. The molecule has 1 aromatic carbocycles. The van der Waals surface area contributed by atoms with E-state index in [0.29, 0.717) is 18.5 Å². The smallest absolute Gasteiger partial charge is 0.326 e. The van der Waals surface area contributed by atoms with Crippen molar-refractivity contribution in [2.75, 3.05) is 13.6 Å². The number of hydrogen-bond acceptors (Lipinski definition) is 2. The second-order valence-corrected chi connectivity index (χ2v) is 3.36. The first kappa shape index (κ1) is 12.4. The van der Waals surface area contributed by atoms with Gasteiger partial charge in [-0.05, 0) is 18.1 Å². The summed E-state index contributed by atoms with van der Waals surface area (Å²) >= 11 is 0. The predicted octanol–water partition coefficient (Wildman–Crippen LogP) is 1.02. The van der Waals surface area contributed by atoms with Gasteiger partial charge in [0, 0.05) is 19.7 Å². The van der Waals surface area contributed by atoms with Gasteiger partial charge in [0.2, 0.25) is 0 Å². The van der Waals surface area contributed by atoms with Crippen LogP contribution in [0.2, 0.25) is 0 Å². The molecule has 2 amide bonds. The van der Waals surface area contributed by atoms with E-state index in [0.717, 1.165) is 6.07 Å². The SMILES string of the molecule is CN(CCc1ccc(F)cc1F)C(=O)NN. The van der Waals surface area contributed by atoms with Gasteiger partial charge in [-0.25, -0.2) is 19.4 Å². The summed E-state index contributed by atoms with van der Waals surface area (Å²) in [5.41, 5.74) is 2.32. The zero-order chi connectivity index (χ0) is 12.1. The molecular weight excluding hydrogens is 216 g/mol. The van der Waals surface area contributed by atoms with Crippen LogP contribution in [-0.4, -0.2) is 24.5 Å². The molecule has 0 saturated carbocycles. The monoisotopic (exact) mass is 229 g/mol. The number of nitrogens with two attached hydrogens (primary N) is 1. The van der Waals surface area contributed by atoms with Crippen molar-refractivity contribution in [2.24, 2.45) is 5.84 Å². The first-order valence-electron chi connectivity index (χ1n) is 4.70. The maximum atomic E-state index is 13.2. The molecule has 0 saturated heterocycles. The number of amides is 2. The normalized spacial score (nSPS) is 10.0. The number of likely N-dealkylation sites (N-methyl/N-ethyl adjacent to an activating group) is 1. The van der Waals surface area contributed by atoms with Crippen LogP contribution in [0.3, 0.4) is 0 Å². The third-order valence-corrected chi connectivity index (χ3v) is 2.20. The molecule has 0 radical (unpaired) electrons.